The molecule has 0 unspecified atom stereocenters. The first-order valence-electron chi connectivity index (χ1n) is 11.1. The van der Waals surface area contributed by atoms with Gasteiger partial charge in [0.1, 0.15) is 23.9 Å². The van der Waals surface area contributed by atoms with E-state index in [0.717, 1.165) is 25.7 Å². The number of nitrogens with zero attached hydrogens (tertiary/aromatic N) is 1. The zero-order valence-electron chi connectivity index (χ0n) is 19.4. The minimum absolute atomic E-state index is 0.0118. The summed E-state index contributed by atoms with van der Waals surface area (Å²) < 4.78 is 44.7. The number of carbonyl (C=O) groups excluding carboxylic acids is 1. The molecule has 0 radical (unpaired) electrons. The Hall–Kier alpha value is -2.78. The lowest BCUT2D eigenvalue weighted by atomic mass is 10.1. The Labute approximate surface area is 195 Å². The van der Waals surface area contributed by atoms with Crippen molar-refractivity contribution in [2.24, 2.45) is 0 Å². The van der Waals surface area contributed by atoms with Gasteiger partial charge in [0.2, 0.25) is 10.0 Å². The average molecular weight is 477 g/mol. The summed E-state index contributed by atoms with van der Waals surface area (Å²) in [4.78, 5) is 14.9. The Morgan fingerprint density at radius 1 is 0.970 bits per heavy atom. The molecular formula is C24H32N2O6S. The Balaban J connectivity index is 1.70. The lowest BCUT2D eigenvalue weighted by Gasteiger charge is -2.22. The molecule has 0 aromatic heterocycles. The summed E-state index contributed by atoms with van der Waals surface area (Å²) in [5.41, 5.74) is 0.254. The lowest BCUT2D eigenvalue weighted by molar-refractivity contribution is 0.0758. The van der Waals surface area contributed by atoms with Crippen LogP contribution < -0.4 is 18.9 Å². The van der Waals surface area contributed by atoms with Crippen LogP contribution in [0.2, 0.25) is 0 Å². The minimum atomic E-state index is -3.87. The molecule has 0 bridgehead atoms. The Bertz CT molecular complexity index is 1030. The number of hydrogen-bond donors (Lipinski definition) is 1. The van der Waals surface area contributed by atoms with Gasteiger partial charge >= 0.3 is 0 Å². The lowest BCUT2D eigenvalue weighted by Crippen LogP contribution is -2.37. The van der Waals surface area contributed by atoms with Crippen LogP contribution in [-0.4, -0.2) is 59.2 Å². The smallest absolute Gasteiger partial charge is 0.257 e. The van der Waals surface area contributed by atoms with Crippen LogP contribution in [0, 0.1) is 0 Å². The number of amides is 1. The SMILES string of the molecule is COc1ccc(OC[C@H](C)NS(=O)(=O)c2ccc(OC)c(C(=O)N3CCCCCC3)c2)cc1. The standard InChI is InChI=1S/C24H32N2O6S/c1-18(17-32-20-10-8-19(30-2)9-11-20)25-33(28,29)21-12-13-23(31-3)22(16-21)24(27)26-14-6-4-5-7-15-26/h8-13,16,18,25H,4-7,14-15,17H2,1-3H3/t18-/m0/s1. The van der Waals surface area contributed by atoms with E-state index in [9.17, 15) is 13.2 Å². The Kier molecular flexibility index (Phi) is 8.57. The van der Waals surface area contributed by atoms with E-state index in [1.807, 2.05) is 0 Å². The second-order valence-corrected chi connectivity index (χ2v) is 9.79. The zero-order valence-corrected chi connectivity index (χ0v) is 20.2. The van der Waals surface area contributed by atoms with E-state index in [1.165, 1.54) is 25.3 Å². The molecular weight excluding hydrogens is 444 g/mol. The van der Waals surface area contributed by atoms with Crippen molar-refractivity contribution < 1.29 is 27.4 Å². The molecule has 9 heteroatoms. The van der Waals surface area contributed by atoms with Crippen LogP contribution in [0.4, 0.5) is 0 Å². The quantitative estimate of drug-likeness (QED) is 0.596. The molecule has 3 rings (SSSR count). The summed E-state index contributed by atoms with van der Waals surface area (Å²) >= 11 is 0. The summed E-state index contributed by atoms with van der Waals surface area (Å²) in [6, 6.07) is 10.9. The molecule has 2 aromatic rings. The molecule has 1 N–H and O–H groups in total. The van der Waals surface area contributed by atoms with Gasteiger partial charge in [-0.2, -0.15) is 0 Å². The fourth-order valence-corrected chi connectivity index (χ4v) is 4.98. The number of sulfonamides is 1. The number of nitrogens with one attached hydrogen (secondary N) is 1. The first-order valence-corrected chi connectivity index (χ1v) is 12.6. The molecule has 0 spiro atoms. The molecule has 2 aromatic carbocycles. The monoisotopic (exact) mass is 476 g/mol. The molecule has 33 heavy (non-hydrogen) atoms. The van der Waals surface area contributed by atoms with Crippen molar-refractivity contribution in [1.29, 1.82) is 0 Å². The highest BCUT2D eigenvalue weighted by molar-refractivity contribution is 7.89. The fourth-order valence-electron chi connectivity index (χ4n) is 3.73. The van der Waals surface area contributed by atoms with Crippen molar-refractivity contribution >= 4 is 15.9 Å². The summed E-state index contributed by atoms with van der Waals surface area (Å²) in [7, 11) is -0.816. The Morgan fingerprint density at radius 2 is 1.61 bits per heavy atom. The van der Waals surface area contributed by atoms with E-state index in [2.05, 4.69) is 4.72 Å². The normalized spacial score (nSPS) is 15.4. The van der Waals surface area contributed by atoms with Gasteiger partial charge in [-0.25, -0.2) is 13.1 Å². The first-order chi connectivity index (χ1) is 15.8. The molecule has 1 atom stereocenters. The number of methoxy groups -OCH3 is 2. The number of rotatable bonds is 9. The van der Waals surface area contributed by atoms with Crippen molar-refractivity contribution in [1.82, 2.24) is 9.62 Å². The third-order valence-corrected chi connectivity index (χ3v) is 7.11. The van der Waals surface area contributed by atoms with Gasteiger partial charge in [-0.05, 0) is 62.2 Å². The molecule has 1 heterocycles. The van der Waals surface area contributed by atoms with Crippen molar-refractivity contribution in [3.05, 3.63) is 48.0 Å². The van der Waals surface area contributed by atoms with Crippen molar-refractivity contribution in [2.75, 3.05) is 33.9 Å². The largest absolute Gasteiger partial charge is 0.497 e. The summed E-state index contributed by atoms with van der Waals surface area (Å²) in [6.07, 6.45) is 4.07. The highest BCUT2D eigenvalue weighted by Gasteiger charge is 2.25. The average Bonchev–Trinajstić information content (AvgIpc) is 3.11. The maximum Gasteiger partial charge on any atom is 0.257 e. The number of carbonyl (C=O) groups is 1. The van der Waals surface area contributed by atoms with Crippen molar-refractivity contribution in [2.45, 2.75) is 43.5 Å². The van der Waals surface area contributed by atoms with Crippen LogP contribution in [0.1, 0.15) is 43.0 Å². The van der Waals surface area contributed by atoms with Gasteiger partial charge in [0.05, 0.1) is 30.7 Å². The second-order valence-electron chi connectivity index (χ2n) is 8.08. The van der Waals surface area contributed by atoms with Gasteiger partial charge in [-0.3, -0.25) is 4.79 Å². The molecule has 1 aliphatic rings. The van der Waals surface area contributed by atoms with Crippen LogP contribution in [0.15, 0.2) is 47.4 Å². The summed E-state index contributed by atoms with van der Waals surface area (Å²) in [6.45, 7) is 3.18. The van der Waals surface area contributed by atoms with Crippen LogP contribution in [0.3, 0.4) is 0 Å². The van der Waals surface area contributed by atoms with E-state index in [0.29, 0.717) is 30.3 Å². The van der Waals surface area contributed by atoms with E-state index in [4.69, 9.17) is 14.2 Å². The van der Waals surface area contributed by atoms with Gasteiger partial charge < -0.3 is 19.1 Å². The van der Waals surface area contributed by atoms with Crippen LogP contribution in [-0.2, 0) is 10.0 Å². The number of likely N-dealkylation sites (tertiary alicyclic amines) is 1. The molecule has 0 aliphatic carbocycles. The van der Waals surface area contributed by atoms with Crippen LogP contribution >= 0.6 is 0 Å². The van der Waals surface area contributed by atoms with E-state index in [1.54, 1.807) is 43.2 Å². The number of ether oxygens (including phenoxy) is 3. The van der Waals surface area contributed by atoms with E-state index < -0.39 is 16.1 Å². The molecule has 180 valence electrons. The highest BCUT2D eigenvalue weighted by atomic mass is 32.2. The molecule has 1 aliphatic heterocycles. The predicted octanol–water partition coefficient (Wildman–Crippen LogP) is 3.47. The zero-order chi connectivity index (χ0) is 23.8. The summed E-state index contributed by atoms with van der Waals surface area (Å²) in [5.74, 6) is 1.47. The van der Waals surface area contributed by atoms with Crippen LogP contribution in [0.25, 0.3) is 0 Å². The van der Waals surface area contributed by atoms with Gasteiger partial charge in [0, 0.05) is 13.1 Å². The highest BCUT2D eigenvalue weighted by Crippen LogP contribution is 2.25. The maximum absolute atomic E-state index is 13.1. The van der Waals surface area contributed by atoms with Crippen molar-refractivity contribution in [3.8, 4) is 17.2 Å². The third kappa shape index (κ3) is 6.61. The fraction of sp³-hybridized carbons (Fsp3) is 0.458. The van der Waals surface area contributed by atoms with Gasteiger partial charge in [0.25, 0.3) is 5.91 Å². The topological polar surface area (TPSA) is 94.2 Å². The molecule has 1 amide bonds. The number of hydrogen-bond acceptors (Lipinski definition) is 6. The third-order valence-electron chi connectivity index (χ3n) is 5.52. The summed E-state index contributed by atoms with van der Waals surface area (Å²) in [5, 5.41) is 0. The first kappa shape index (κ1) is 24.9. The van der Waals surface area contributed by atoms with Gasteiger partial charge in [-0.1, -0.05) is 12.8 Å². The molecule has 0 saturated carbocycles. The number of benzene rings is 2. The molecule has 8 nitrogen and oxygen atoms in total. The van der Waals surface area contributed by atoms with Crippen molar-refractivity contribution in [3.63, 3.8) is 0 Å². The maximum atomic E-state index is 13.1. The van der Waals surface area contributed by atoms with Gasteiger partial charge in [0.15, 0.2) is 0 Å². The predicted molar refractivity (Wildman–Crippen MR) is 126 cm³/mol. The van der Waals surface area contributed by atoms with E-state index in [-0.39, 0.29) is 23.0 Å². The van der Waals surface area contributed by atoms with Crippen LogP contribution in [0.5, 0.6) is 17.2 Å². The van der Waals surface area contributed by atoms with Gasteiger partial charge in [-0.15, -0.1) is 0 Å². The van der Waals surface area contributed by atoms with E-state index >= 15 is 0 Å². The minimum Gasteiger partial charge on any atom is -0.497 e. The molecule has 1 saturated heterocycles. The molecule has 1 fully saturated rings. The second kappa shape index (κ2) is 11.4. The Morgan fingerprint density at radius 3 is 2.21 bits per heavy atom.